The Morgan fingerprint density at radius 1 is 0.880 bits per heavy atom. The summed E-state index contributed by atoms with van der Waals surface area (Å²) in [6.45, 7) is 1.94. The first kappa shape index (κ1) is 16.9. The summed E-state index contributed by atoms with van der Waals surface area (Å²) in [7, 11) is 1.25. The van der Waals surface area contributed by atoms with Gasteiger partial charge in [-0.3, -0.25) is 0 Å². The number of aryl methyl sites for hydroxylation is 1. The molecule has 7 heteroatoms. The number of alkyl halides is 3. The number of nitrogens with zero attached hydrogens (tertiary/aromatic N) is 3. The topological polar surface area (TPSA) is 47.9 Å². The van der Waals surface area contributed by atoms with E-state index in [2.05, 4.69) is 15.0 Å². The lowest BCUT2D eigenvalue weighted by Crippen LogP contribution is -2.10. The van der Waals surface area contributed by atoms with Gasteiger partial charge in [-0.1, -0.05) is 30.3 Å². The molecule has 128 valence electrons. The van der Waals surface area contributed by atoms with Crippen molar-refractivity contribution in [2.24, 2.45) is 0 Å². The van der Waals surface area contributed by atoms with Crippen molar-refractivity contribution in [2.75, 3.05) is 7.11 Å². The molecule has 25 heavy (non-hydrogen) atoms. The second-order valence-electron chi connectivity index (χ2n) is 5.34. The molecule has 0 radical (unpaired) electrons. The normalized spacial score (nSPS) is 11.4. The van der Waals surface area contributed by atoms with Gasteiger partial charge in [-0.15, -0.1) is 0 Å². The number of methoxy groups -OCH3 is 1. The standard InChI is InChI=1S/C18H14F3N3O/c1-11-6-3-4-7-12(11)13-8-5-9-14(22-13)17-23-15(18(19,20)21)10-16(24-17)25-2/h3-10H,1-2H3. The molecule has 0 aliphatic rings. The van der Waals surface area contributed by atoms with Gasteiger partial charge in [-0.2, -0.15) is 18.2 Å². The Morgan fingerprint density at radius 3 is 2.28 bits per heavy atom. The molecule has 0 bridgehead atoms. The van der Waals surface area contributed by atoms with Crippen molar-refractivity contribution >= 4 is 0 Å². The lowest BCUT2D eigenvalue weighted by molar-refractivity contribution is -0.141. The van der Waals surface area contributed by atoms with Crippen LogP contribution >= 0.6 is 0 Å². The molecule has 0 N–H and O–H groups in total. The summed E-state index contributed by atoms with van der Waals surface area (Å²) in [6.07, 6.45) is -4.60. The molecular weight excluding hydrogens is 331 g/mol. The zero-order valence-electron chi connectivity index (χ0n) is 13.5. The minimum Gasteiger partial charge on any atom is -0.481 e. The van der Waals surface area contributed by atoms with Crippen molar-refractivity contribution in [1.82, 2.24) is 15.0 Å². The number of pyridine rings is 1. The maximum atomic E-state index is 13.0. The first-order valence-corrected chi connectivity index (χ1v) is 7.42. The summed E-state index contributed by atoms with van der Waals surface area (Å²) in [5.41, 5.74) is 1.70. The summed E-state index contributed by atoms with van der Waals surface area (Å²) in [5.74, 6) is -0.303. The van der Waals surface area contributed by atoms with Crippen molar-refractivity contribution < 1.29 is 17.9 Å². The van der Waals surface area contributed by atoms with Gasteiger partial charge in [0.25, 0.3) is 0 Å². The fourth-order valence-electron chi connectivity index (χ4n) is 2.36. The second kappa shape index (κ2) is 6.51. The number of aromatic nitrogens is 3. The lowest BCUT2D eigenvalue weighted by atomic mass is 10.1. The van der Waals surface area contributed by atoms with E-state index in [0.29, 0.717) is 5.69 Å². The Balaban J connectivity index is 2.12. The van der Waals surface area contributed by atoms with Crippen LogP contribution < -0.4 is 4.74 Å². The molecule has 3 aromatic rings. The van der Waals surface area contributed by atoms with E-state index in [0.717, 1.165) is 17.2 Å². The lowest BCUT2D eigenvalue weighted by Gasteiger charge is -2.10. The monoisotopic (exact) mass is 345 g/mol. The molecule has 0 atom stereocenters. The molecule has 0 amide bonds. The number of hydrogen-bond donors (Lipinski definition) is 0. The molecule has 0 saturated heterocycles. The predicted octanol–water partition coefficient (Wildman–Crippen LogP) is 4.54. The van der Waals surface area contributed by atoms with E-state index in [-0.39, 0.29) is 17.4 Å². The van der Waals surface area contributed by atoms with Gasteiger partial charge < -0.3 is 4.74 Å². The molecule has 0 unspecified atom stereocenters. The van der Waals surface area contributed by atoms with Crippen molar-refractivity contribution in [3.8, 4) is 28.7 Å². The average Bonchev–Trinajstić information content (AvgIpc) is 2.61. The molecule has 3 rings (SSSR count). The first-order chi connectivity index (χ1) is 11.9. The maximum Gasteiger partial charge on any atom is 0.433 e. The van der Waals surface area contributed by atoms with E-state index in [9.17, 15) is 13.2 Å². The predicted molar refractivity (Wildman–Crippen MR) is 87.0 cm³/mol. The average molecular weight is 345 g/mol. The Kier molecular flexibility index (Phi) is 4.39. The molecule has 0 aliphatic carbocycles. The van der Waals surface area contributed by atoms with Gasteiger partial charge in [-0.25, -0.2) is 9.97 Å². The van der Waals surface area contributed by atoms with E-state index < -0.39 is 11.9 Å². The summed E-state index contributed by atoms with van der Waals surface area (Å²) in [4.78, 5) is 12.0. The smallest absolute Gasteiger partial charge is 0.433 e. The van der Waals surface area contributed by atoms with Crippen LogP contribution in [0.15, 0.2) is 48.5 Å². The molecule has 2 heterocycles. The van der Waals surface area contributed by atoms with Crippen LogP contribution in [0, 0.1) is 6.92 Å². The maximum absolute atomic E-state index is 13.0. The van der Waals surface area contributed by atoms with E-state index >= 15 is 0 Å². The number of ether oxygens (including phenoxy) is 1. The van der Waals surface area contributed by atoms with Crippen LogP contribution in [0.25, 0.3) is 22.8 Å². The van der Waals surface area contributed by atoms with E-state index in [1.54, 1.807) is 18.2 Å². The summed E-state index contributed by atoms with van der Waals surface area (Å²) >= 11 is 0. The minimum absolute atomic E-state index is 0.137. The zero-order valence-corrected chi connectivity index (χ0v) is 13.5. The van der Waals surface area contributed by atoms with Crippen LogP contribution in [0.2, 0.25) is 0 Å². The van der Waals surface area contributed by atoms with Gasteiger partial charge in [0.05, 0.1) is 12.8 Å². The third-order valence-electron chi connectivity index (χ3n) is 3.60. The fourth-order valence-corrected chi connectivity index (χ4v) is 2.36. The van der Waals surface area contributed by atoms with Gasteiger partial charge in [0.15, 0.2) is 11.5 Å². The van der Waals surface area contributed by atoms with Crippen molar-refractivity contribution in [1.29, 1.82) is 0 Å². The number of halogens is 3. The molecule has 0 fully saturated rings. The fraction of sp³-hybridized carbons (Fsp3) is 0.167. The van der Waals surface area contributed by atoms with Crippen LogP contribution in [0.1, 0.15) is 11.3 Å². The third-order valence-corrected chi connectivity index (χ3v) is 3.60. The van der Waals surface area contributed by atoms with Crippen molar-refractivity contribution in [2.45, 2.75) is 13.1 Å². The Bertz CT molecular complexity index is 910. The largest absolute Gasteiger partial charge is 0.481 e. The van der Waals surface area contributed by atoms with Crippen LogP contribution in [0.5, 0.6) is 5.88 Å². The summed E-state index contributed by atoms with van der Waals surface area (Å²) < 4.78 is 44.0. The van der Waals surface area contributed by atoms with E-state index in [1.807, 2.05) is 31.2 Å². The second-order valence-corrected chi connectivity index (χ2v) is 5.34. The molecule has 4 nitrogen and oxygen atoms in total. The SMILES string of the molecule is COc1cc(C(F)(F)F)nc(-c2cccc(-c3ccccc3C)n2)n1. The highest BCUT2D eigenvalue weighted by atomic mass is 19.4. The molecule has 0 aliphatic heterocycles. The minimum atomic E-state index is -4.60. The zero-order chi connectivity index (χ0) is 18.0. The van der Waals surface area contributed by atoms with Crippen LogP contribution in [-0.2, 0) is 6.18 Å². The molecule has 0 saturated carbocycles. The highest BCUT2D eigenvalue weighted by molar-refractivity contribution is 5.66. The van der Waals surface area contributed by atoms with E-state index in [1.165, 1.54) is 7.11 Å². The summed E-state index contributed by atoms with van der Waals surface area (Å²) in [6, 6.07) is 13.4. The quantitative estimate of drug-likeness (QED) is 0.699. The molecule has 0 spiro atoms. The highest BCUT2D eigenvalue weighted by Gasteiger charge is 2.34. The van der Waals surface area contributed by atoms with Crippen LogP contribution in [0.3, 0.4) is 0 Å². The Morgan fingerprint density at radius 2 is 1.60 bits per heavy atom. The molecular formula is C18H14F3N3O. The van der Waals surface area contributed by atoms with Gasteiger partial charge in [0, 0.05) is 11.6 Å². The highest BCUT2D eigenvalue weighted by Crippen LogP contribution is 2.31. The third kappa shape index (κ3) is 3.60. The van der Waals surface area contributed by atoms with Crippen LogP contribution in [-0.4, -0.2) is 22.1 Å². The van der Waals surface area contributed by atoms with E-state index in [4.69, 9.17) is 4.74 Å². The number of benzene rings is 1. The van der Waals surface area contributed by atoms with Gasteiger partial charge in [0.2, 0.25) is 5.88 Å². The number of hydrogen-bond acceptors (Lipinski definition) is 4. The summed E-state index contributed by atoms with van der Waals surface area (Å²) in [5, 5.41) is 0. The Hall–Kier alpha value is -2.96. The van der Waals surface area contributed by atoms with Crippen molar-refractivity contribution in [3.63, 3.8) is 0 Å². The number of rotatable bonds is 3. The van der Waals surface area contributed by atoms with Crippen molar-refractivity contribution in [3.05, 3.63) is 59.8 Å². The van der Waals surface area contributed by atoms with Gasteiger partial charge in [-0.05, 0) is 24.6 Å². The van der Waals surface area contributed by atoms with Gasteiger partial charge >= 0.3 is 6.18 Å². The Labute approximate surface area is 142 Å². The molecule has 2 aromatic heterocycles. The van der Waals surface area contributed by atoms with Gasteiger partial charge in [0.1, 0.15) is 5.69 Å². The molecule has 1 aromatic carbocycles. The first-order valence-electron chi connectivity index (χ1n) is 7.42. The van der Waals surface area contributed by atoms with Crippen LogP contribution in [0.4, 0.5) is 13.2 Å².